The Bertz CT molecular complexity index is 445. The third-order valence-corrected chi connectivity index (χ3v) is 4.04. The Hall–Kier alpha value is -1.55. The van der Waals surface area contributed by atoms with Gasteiger partial charge in [-0.3, -0.25) is 4.79 Å². The minimum absolute atomic E-state index is 0.123. The highest BCUT2D eigenvalue weighted by atomic mass is 16.3. The number of benzene rings is 1. The first-order valence-electron chi connectivity index (χ1n) is 8.02. The van der Waals surface area contributed by atoms with E-state index in [9.17, 15) is 4.79 Å². The second-order valence-electron chi connectivity index (χ2n) is 5.66. The van der Waals surface area contributed by atoms with Gasteiger partial charge in [0.05, 0.1) is 0 Å². The lowest BCUT2D eigenvalue weighted by Crippen LogP contribution is -2.35. The molecular formula is C17H26N2O2. The van der Waals surface area contributed by atoms with Crippen LogP contribution >= 0.6 is 0 Å². The Labute approximate surface area is 127 Å². The lowest BCUT2D eigenvalue weighted by Gasteiger charge is -2.24. The number of anilines is 1. The van der Waals surface area contributed by atoms with Crippen molar-refractivity contribution in [2.75, 3.05) is 25.0 Å². The van der Waals surface area contributed by atoms with Crippen LogP contribution in [0, 0.1) is 0 Å². The maximum absolute atomic E-state index is 12.6. The molecule has 1 aliphatic rings. The molecule has 21 heavy (non-hydrogen) atoms. The molecule has 116 valence electrons. The van der Waals surface area contributed by atoms with Gasteiger partial charge >= 0.3 is 0 Å². The van der Waals surface area contributed by atoms with Crippen LogP contribution in [0.5, 0.6) is 0 Å². The lowest BCUT2D eigenvalue weighted by atomic mass is 10.1. The molecule has 1 amide bonds. The van der Waals surface area contributed by atoms with Gasteiger partial charge in [-0.25, -0.2) is 0 Å². The Morgan fingerprint density at radius 1 is 1.38 bits per heavy atom. The van der Waals surface area contributed by atoms with Gasteiger partial charge in [-0.05, 0) is 56.4 Å². The summed E-state index contributed by atoms with van der Waals surface area (Å²) in [5.41, 5.74) is 1.82. The zero-order valence-electron chi connectivity index (χ0n) is 12.8. The summed E-state index contributed by atoms with van der Waals surface area (Å²) in [6, 6.07) is 8.05. The van der Waals surface area contributed by atoms with Crippen LogP contribution < -0.4 is 5.32 Å². The van der Waals surface area contributed by atoms with Crippen molar-refractivity contribution in [3.05, 3.63) is 29.8 Å². The highest BCUT2D eigenvalue weighted by Gasteiger charge is 2.28. The van der Waals surface area contributed by atoms with Gasteiger partial charge in [0.2, 0.25) is 0 Å². The van der Waals surface area contributed by atoms with Gasteiger partial charge in [0.1, 0.15) is 0 Å². The predicted molar refractivity (Wildman–Crippen MR) is 85.6 cm³/mol. The number of hydrogen-bond donors (Lipinski definition) is 2. The van der Waals surface area contributed by atoms with Crippen LogP contribution in [0.4, 0.5) is 5.69 Å². The SMILES string of the molecule is CCCNc1ccc(C(=O)N2CCCC2CCCO)cc1. The van der Waals surface area contributed by atoms with E-state index >= 15 is 0 Å². The zero-order chi connectivity index (χ0) is 15.1. The maximum Gasteiger partial charge on any atom is 0.254 e. The van der Waals surface area contributed by atoms with Crippen molar-refractivity contribution in [1.82, 2.24) is 4.90 Å². The molecule has 1 saturated heterocycles. The second kappa shape index (κ2) is 8.03. The van der Waals surface area contributed by atoms with Gasteiger partial charge < -0.3 is 15.3 Å². The summed E-state index contributed by atoms with van der Waals surface area (Å²) in [6.07, 6.45) is 4.88. The predicted octanol–water partition coefficient (Wildman–Crippen LogP) is 2.89. The van der Waals surface area contributed by atoms with Crippen LogP contribution in [-0.4, -0.2) is 41.7 Å². The zero-order valence-corrected chi connectivity index (χ0v) is 12.8. The molecule has 0 spiro atoms. The fraction of sp³-hybridized carbons (Fsp3) is 0.588. The number of nitrogens with zero attached hydrogens (tertiary/aromatic N) is 1. The van der Waals surface area contributed by atoms with Crippen LogP contribution in [0.3, 0.4) is 0 Å². The summed E-state index contributed by atoms with van der Waals surface area (Å²) in [6.45, 7) is 4.12. The molecule has 2 N–H and O–H groups in total. The first kappa shape index (κ1) is 15.8. The minimum Gasteiger partial charge on any atom is -0.396 e. The Morgan fingerprint density at radius 2 is 2.14 bits per heavy atom. The van der Waals surface area contributed by atoms with Gasteiger partial charge in [0, 0.05) is 37.0 Å². The molecule has 1 heterocycles. The van der Waals surface area contributed by atoms with Gasteiger partial charge in [0.25, 0.3) is 5.91 Å². The molecule has 1 unspecified atom stereocenters. The van der Waals surface area contributed by atoms with E-state index < -0.39 is 0 Å². The number of amides is 1. The number of hydrogen-bond acceptors (Lipinski definition) is 3. The maximum atomic E-state index is 12.6. The Kier molecular flexibility index (Phi) is 6.05. The molecule has 1 aromatic carbocycles. The van der Waals surface area contributed by atoms with Crippen molar-refractivity contribution >= 4 is 11.6 Å². The van der Waals surface area contributed by atoms with E-state index in [1.807, 2.05) is 29.2 Å². The van der Waals surface area contributed by atoms with Crippen LogP contribution in [0.15, 0.2) is 24.3 Å². The van der Waals surface area contributed by atoms with Gasteiger partial charge in [0.15, 0.2) is 0 Å². The topological polar surface area (TPSA) is 52.6 Å². The first-order valence-corrected chi connectivity index (χ1v) is 8.02. The summed E-state index contributed by atoms with van der Waals surface area (Å²) in [7, 11) is 0. The van der Waals surface area contributed by atoms with Crippen LogP contribution in [-0.2, 0) is 0 Å². The van der Waals surface area contributed by atoms with E-state index in [0.717, 1.165) is 56.4 Å². The van der Waals surface area contributed by atoms with Crippen molar-refractivity contribution in [3.8, 4) is 0 Å². The fourth-order valence-electron chi connectivity index (χ4n) is 2.90. The first-order chi connectivity index (χ1) is 10.3. The monoisotopic (exact) mass is 290 g/mol. The number of aliphatic hydroxyl groups excluding tert-OH is 1. The molecule has 0 saturated carbocycles. The summed E-state index contributed by atoms with van der Waals surface area (Å²) < 4.78 is 0. The molecule has 0 aromatic heterocycles. The molecule has 1 aromatic rings. The fourth-order valence-corrected chi connectivity index (χ4v) is 2.90. The van der Waals surface area contributed by atoms with E-state index in [-0.39, 0.29) is 12.5 Å². The molecule has 1 atom stereocenters. The van der Waals surface area contributed by atoms with Crippen molar-refractivity contribution in [3.63, 3.8) is 0 Å². The molecule has 4 nitrogen and oxygen atoms in total. The number of nitrogens with one attached hydrogen (secondary N) is 1. The third-order valence-electron chi connectivity index (χ3n) is 4.04. The molecule has 1 fully saturated rings. The van der Waals surface area contributed by atoms with Crippen LogP contribution in [0.25, 0.3) is 0 Å². The van der Waals surface area contributed by atoms with Crippen LogP contribution in [0.1, 0.15) is 49.4 Å². The van der Waals surface area contributed by atoms with Gasteiger partial charge in [-0.2, -0.15) is 0 Å². The quantitative estimate of drug-likeness (QED) is 0.812. The summed E-state index contributed by atoms with van der Waals surface area (Å²) >= 11 is 0. The summed E-state index contributed by atoms with van der Waals surface area (Å²) in [4.78, 5) is 14.6. The number of carbonyl (C=O) groups is 1. The molecule has 0 bridgehead atoms. The molecule has 0 radical (unpaired) electrons. The van der Waals surface area contributed by atoms with E-state index in [1.54, 1.807) is 0 Å². The summed E-state index contributed by atoms with van der Waals surface area (Å²) in [5.74, 6) is 0.123. The van der Waals surface area contributed by atoms with Crippen LogP contribution in [0.2, 0.25) is 0 Å². The lowest BCUT2D eigenvalue weighted by molar-refractivity contribution is 0.0724. The van der Waals surface area contributed by atoms with Gasteiger partial charge in [-0.15, -0.1) is 0 Å². The van der Waals surface area contributed by atoms with Crippen molar-refractivity contribution in [2.24, 2.45) is 0 Å². The van der Waals surface area contributed by atoms with E-state index in [1.165, 1.54) is 0 Å². The third kappa shape index (κ3) is 4.21. The smallest absolute Gasteiger partial charge is 0.254 e. The standard InChI is InChI=1S/C17H26N2O2/c1-2-11-18-15-9-7-14(8-10-15)17(21)19-12-3-5-16(19)6-4-13-20/h7-10,16,18,20H,2-6,11-13H2,1H3. The van der Waals surface area contributed by atoms with E-state index in [4.69, 9.17) is 5.11 Å². The molecule has 4 heteroatoms. The van der Waals surface area contributed by atoms with Crippen molar-refractivity contribution < 1.29 is 9.90 Å². The van der Waals surface area contributed by atoms with Gasteiger partial charge in [-0.1, -0.05) is 6.92 Å². The van der Waals surface area contributed by atoms with Crippen molar-refractivity contribution in [2.45, 2.75) is 45.1 Å². The number of carbonyl (C=O) groups excluding carboxylic acids is 1. The number of aliphatic hydroxyl groups is 1. The highest BCUT2D eigenvalue weighted by molar-refractivity contribution is 5.95. The second-order valence-corrected chi connectivity index (χ2v) is 5.66. The number of rotatable bonds is 7. The van der Waals surface area contributed by atoms with Crippen molar-refractivity contribution in [1.29, 1.82) is 0 Å². The molecule has 0 aliphatic carbocycles. The molecule has 2 rings (SSSR count). The number of likely N-dealkylation sites (tertiary alicyclic amines) is 1. The van der Waals surface area contributed by atoms with E-state index in [2.05, 4.69) is 12.2 Å². The average Bonchev–Trinajstić information content (AvgIpc) is 2.99. The summed E-state index contributed by atoms with van der Waals surface area (Å²) in [5, 5.41) is 12.3. The molecular weight excluding hydrogens is 264 g/mol. The highest BCUT2D eigenvalue weighted by Crippen LogP contribution is 2.24. The average molecular weight is 290 g/mol. The Morgan fingerprint density at radius 3 is 2.81 bits per heavy atom. The van der Waals surface area contributed by atoms with E-state index in [0.29, 0.717) is 6.04 Å². The normalized spacial score (nSPS) is 18.0. The molecule has 1 aliphatic heterocycles. The Balaban J connectivity index is 1.98. The largest absolute Gasteiger partial charge is 0.396 e. The minimum atomic E-state index is 0.123.